The van der Waals surface area contributed by atoms with Crippen LogP contribution in [0.25, 0.3) is 5.65 Å². The van der Waals surface area contributed by atoms with Crippen LogP contribution in [0, 0.1) is 11.2 Å². The molecule has 1 spiro atoms. The van der Waals surface area contributed by atoms with Gasteiger partial charge in [-0.15, -0.1) is 10.2 Å². The van der Waals surface area contributed by atoms with Crippen molar-refractivity contribution < 1.29 is 14.0 Å². The van der Waals surface area contributed by atoms with E-state index in [-0.39, 0.29) is 28.7 Å². The summed E-state index contributed by atoms with van der Waals surface area (Å²) in [7, 11) is 0. The minimum absolute atomic E-state index is 0.0263. The third-order valence-electron chi connectivity index (χ3n) is 6.37. The molecule has 1 N–H and O–H groups in total. The van der Waals surface area contributed by atoms with Gasteiger partial charge >= 0.3 is 0 Å². The summed E-state index contributed by atoms with van der Waals surface area (Å²) in [4.78, 5) is 27.6. The number of anilines is 1. The molecule has 1 aromatic carbocycles. The third-order valence-corrected chi connectivity index (χ3v) is 6.68. The molecule has 5 rings (SSSR count). The van der Waals surface area contributed by atoms with Crippen molar-refractivity contribution in [1.82, 2.24) is 25.1 Å². The highest BCUT2D eigenvalue weighted by Crippen LogP contribution is 2.47. The van der Waals surface area contributed by atoms with Crippen molar-refractivity contribution in [3.05, 3.63) is 53.2 Å². The van der Waals surface area contributed by atoms with Crippen LogP contribution in [0.5, 0.6) is 0 Å². The molecular weight excluding hydrogens is 423 g/mol. The molecule has 1 aliphatic carbocycles. The molecule has 2 aromatic heterocycles. The van der Waals surface area contributed by atoms with Crippen LogP contribution in [0.15, 0.2) is 36.5 Å². The Kier molecular flexibility index (Phi) is 4.85. The van der Waals surface area contributed by atoms with E-state index in [1.165, 1.54) is 16.6 Å². The van der Waals surface area contributed by atoms with Gasteiger partial charge in [-0.2, -0.15) is 9.61 Å². The fraction of sp³-hybridized carbons (Fsp3) is 0.381. The molecule has 8 nitrogen and oxygen atoms in total. The number of aromatic nitrogens is 4. The lowest BCUT2D eigenvalue weighted by Gasteiger charge is -2.36. The monoisotopic (exact) mass is 442 g/mol. The molecule has 0 bridgehead atoms. The van der Waals surface area contributed by atoms with Gasteiger partial charge in [0.1, 0.15) is 5.82 Å². The largest absolute Gasteiger partial charge is 0.347 e. The smallest absolute Gasteiger partial charge is 0.291 e. The number of carbonyl (C=O) groups excluding carboxylic acids is 2. The number of benzene rings is 1. The van der Waals surface area contributed by atoms with E-state index in [0.29, 0.717) is 43.6 Å². The number of hydrogen-bond acceptors (Lipinski definition) is 5. The quantitative estimate of drug-likeness (QED) is 0.673. The summed E-state index contributed by atoms with van der Waals surface area (Å²) < 4.78 is 14.8. The van der Waals surface area contributed by atoms with Crippen LogP contribution in [0.3, 0.4) is 0 Å². The fourth-order valence-electron chi connectivity index (χ4n) is 4.66. The van der Waals surface area contributed by atoms with Crippen LogP contribution in [-0.2, 0) is 4.79 Å². The zero-order chi connectivity index (χ0) is 21.6. The van der Waals surface area contributed by atoms with Crippen LogP contribution in [0.1, 0.15) is 42.7 Å². The molecule has 31 heavy (non-hydrogen) atoms. The summed E-state index contributed by atoms with van der Waals surface area (Å²) in [5.41, 5.74) is 0.597. The Morgan fingerprint density at radius 3 is 2.77 bits per heavy atom. The highest BCUT2D eigenvalue weighted by Gasteiger charge is 2.49. The second-order valence-corrected chi connectivity index (χ2v) is 8.56. The summed E-state index contributed by atoms with van der Waals surface area (Å²) >= 11 is 6.17. The van der Waals surface area contributed by atoms with Gasteiger partial charge in [-0.1, -0.05) is 11.6 Å². The number of fused-ring (bicyclic) bond motifs is 1. The maximum Gasteiger partial charge on any atom is 0.291 e. The van der Waals surface area contributed by atoms with Crippen molar-refractivity contribution in [2.45, 2.75) is 38.1 Å². The van der Waals surface area contributed by atoms with Gasteiger partial charge in [-0.25, -0.2) is 4.39 Å². The summed E-state index contributed by atoms with van der Waals surface area (Å²) in [5, 5.41) is 15.3. The van der Waals surface area contributed by atoms with Crippen LogP contribution in [0.4, 0.5) is 10.1 Å². The van der Waals surface area contributed by atoms with Gasteiger partial charge in [-0.05, 0) is 62.4 Å². The Labute approximate surface area is 182 Å². The van der Waals surface area contributed by atoms with Crippen molar-refractivity contribution in [1.29, 1.82) is 0 Å². The summed E-state index contributed by atoms with van der Waals surface area (Å²) in [6.07, 6.45) is 5.01. The number of nitrogens with zero attached hydrogens (tertiary/aromatic N) is 5. The highest BCUT2D eigenvalue weighted by molar-refractivity contribution is 6.34. The van der Waals surface area contributed by atoms with Crippen LogP contribution in [-0.4, -0.2) is 44.2 Å². The molecule has 0 atom stereocenters. The third kappa shape index (κ3) is 3.42. The van der Waals surface area contributed by atoms with E-state index in [9.17, 15) is 14.0 Å². The molecule has 2 fully saturated rings. The molecular formula is C21H20ClFN6O2. The Bertz CT molecular complexity index is 1170. The first-order valence-corrected chi connectivity index (χ1v) is 10.6. The zero-order valence-electron chi connectivity index (χ0n) is 16.6. The van der Waals surface area contributed by atoms with E-state index < -0.39 is 11.2 Å². The fourth-order valence-corrected chi connectivity index (χ4v) is 4.93. The van der Waals surface area contributed by atoms with E-state index in [1.807, 2.05) is 0 Å². The number of amides is 2. The lowest BCUT2D eigenvalue weighted by Crippen LogP contribution is -2.44. The Balaban J connectivity index is 1.25. The maximum atomic E-state index is 13.4. The number of carbonyl (C=O) groups is 2. The molecule has 2 aliphatic rings. The van der Waals surface area contributed by atoms with Crippen molar-refractivity contribution in [3.8, 4) is 0 Å². The lowest BCUT2D eigenvalue weighted by atomic mass is 9.71. The lowest BCUT2D eigenvalue weighted by molar-refractivity contribution is -0.127. The van der Waals surface area contributed by atoms with E-state index in [1.54, 1.807) is 29.3 Å². The summed E-state index contributed by atoms with van der Waals surface area (Å²) in [6.45, 7) is 0.554. The van der Waals surface area contributed by atoms with Gasteiger partial charge in [0.2, 0.25) is 11.7 Å². The average molecular weight is 443 g/mol. The van der Waals surface area contributed by atoms with E-state index >= 15 is 0 Å². The molecule has 2 amide bonds. The van der Waals surface area contributed by atoms with Gasteiger partial charge in [0.25, 0.3) is 5.91 Å². The van der Waals surface area contributed by atoms with Gasteiger partial charge in [0.05, 0.1) is 16.1 Å². The van der Waals surface area contributed by atoms with Gasteiger partial charge < -0.3 is 10.2 Å². The summed E-state index contributed by atoms with van der Waals surface area (Å²) in [6, 6.07) is 7.50. The van der Waals surface area contributed by atoms with Crippen molar-refractivity contribution in [2.75, 3.05) is 11.4 Å². The molecule has 10 heteroatoms. The number of halogens is 2. The predicted molar refractivity (Wildman–Crippen MR) is 111 cm³/mol. The van der Waals surface area contributed by atoms with Crippen LogP contribution >= 0.6 is 11.6 Å². The maximum absolute atomic E-state index is 13.4. The zero-order valence-corrected chi connectivity index (χ0v) is 17.3. The second-order valence-electron chi connectivity index (χ2n) is 8.15. The van der Waals surface area contributed by atoms with Crippen LogP contribution in [0.2, 0.25) is 5.02 Å². The van der Waals surface area contributed by atoms with Gasteiger partial charge in [0, 0.05) is 18.8 Å². The van der Waals surface area contributed by atoms with E-state index in [0.717, 1.165) is 6.42 Å². The Morgan fingerprint density at radius 2 is 2.00 bits per heavy atom. The first kappa shape index (κ1) is 19.9. The second kappa shape index (κ2) is 7.56. The SMILES string of the molecule is O=C(NC1CCC2(CC1)CCN(c1ccc(F)cc1Cl)C2=O)c1nnc2cccnn12. The minimum Gasteiger partial charge on any atom is -0.347 e. The van der Waals surface area contributed by atoms with Gasteiger partial charge in [0.15, 0.2) is 5.65 Å². The average Bonchev–Trinajstić information content (AvgIpc) is 3.33. The molecule has 3 heterocycles. The summed E-state index contributed by atoms with van der Waals surface area (Å²) in [5.74, 6) is -0.588. The number of rotatable bonds is 3. The normalized spacial score (nSPS) is 23.6. The first-order valence-electron chi connectivity index (χ1n) is 10.2. The van der Waals surface area contributed by atoms with Crippen molar-refractivity contribution >= 4 is 34.7 Å². The topological polar surface area (TPSA) is 92.5 Å². The Morgan fingerprint density at radius 1 is 1.19 bits per heavy atom. The molecule has 0 unspecified atom stereocenters. The van der Waals surface area contributed by atoms with E-state index in [2.05, 4.69) is 20.6 Å². The molecule has 3 aromatic rings. The standard InChI is InChI=1S/C21H20ClFN6O2/c22-15-12-13(23)3-4-16(15)28-11-9-21(20(28)31)7-5-14(6-8-21)25-19(30)18-27-26-17-2-1-10-24-29(17)18/h1-4,10,12,14H,5-9,11H2,(H,25,30). The minimum atomic E-state index is -0.456. The van der Waals surface area contributed by atoms with Crippen molar-refractivity contribution in [2.24, 2.45) is 5.41 Å². The number of nitrogens with one attached hydrogen (secondary N) is 1. The van der Waals surface area contributed by atoms with Gasteiger partial charge in [-0.3, -0.25) is 9.59 Å². The predicted octanol–water partition coefficient (Wildman–Crippen LogP) is 3.01. The molecule has 1 saturated carbocycles. The molecule has 1 aliphatic heterocycles. The number of hydrogen-bond donors (Lipinski definition) is 1. The molecule has 1 saturated heterocycles. The van der Waals surface area contributed by atoms with Crippen molar-refractivity contribution in [3.63, 3.8) is 0 Å². The molecule has 160 valence electrons. The first-order chi connectivity index (χ1) is 15.0. The van der Waals surface area contributed by atoms with Crippen LogP contribution < -0.4 is 10.2 Å². The Hall–Kier alpha value is -3.07. The molecule has 0 radical (unpaired) electrons. The highest BCUT2D eigenvalue weighted by atomic mass is 35.5. The van der Waals surface area contributed by atoms with E-state index in [4.69, 9.17) is 11.6 Å².